The molecular weight excluding hydrogens is 234 g/mol. The Morgan fingerprint density at radius 3 is 2.94 bits per heavy atom. The van der Waals surface area contributed by atoms with Gasteiger partial charge in [-0.25, -0.2) is 0 Å². The highest BCUT2D eigenvalue weighted by atomic mass is 16.5. The minimum absolute atomic E-state index is 0.0469. The van der Waals surface area contributed by atoms with E-state index in [-0.39, 0.29) is 18.9 Å². The molecule has 0 aliphatic carbocycles. The molecule has 1 aliphatic heterocycles. The summed E-state index contributed by atoms with van der Waals surface area (Å²) in [5.74, 6) is -0.339. The van der Waals surface area contributed by atoms with Crippen LogP contribution < -0.4 is 9.64 Å². The number of carbonyl (C=O) groups excluding carboxylic acids is 1. The number of hydrogen-bond acceptors (Lipinski definition) is 3. The van der Waals surface area contributed by atoms with Crippen LogP contribution in [0.4, 0.5) is 5.69 Å². The Labute approximate surface area is 105 Å². The molecule has 0 saturated carbocycles. The van der Waals surface area contributed by atoms with Crippen LogP contribution in [0, 0.1) is 0 Å². The number of anilines is 1. The highest BCUT2D eigenvalue weighted by molar-refractivity contribution is 5.98. The summed E-state index contributed by atoms with van der Waals surface area (Å²) in [5.41, 5.74) is 1.34. The minimum atomic E-state index is -0.889. The van der Waals surface area contributed by atoms with E-state index in [1.165, 1.54) is 0 Å². The lowest BCUT2D eigenvalue weighted by Crippen LogP contribution is -2.39. The standard InChI is InChI=1S/C13H15NO4/c1-2-5-14-10-6-9(7-13(16)17)3-4-11(10)18-8-12(14)15/h3-4,6H,2,5,7-8H2,1H3,(H,16,17). The van der Waals surface area contributed by atoms with Crippen LogP contribution in [0.25, 0.3) is 0 Å². The van der Waals surface area contributed by atoms with Gasteiger partial charge in [-0.15, -0.1) is 0 Å². The zero-order valence-electron chi connectivity index (χ0n) is 10.2. The molecule has 5 heteroatoms. The van der Waals surface area contributed by atoms with Crippen molar-refractivity contribution in [3.05, 3.63) is 23.8 Å². The van der Waals surface area contributed by atoms with Crippen molar-refractivity contribution in [3.63, 3.8) is 0 Å². The van der Waals surface area contributed by atoms with E-state index in [1.807, 2.05) is 6.92 Å². The molecule has 1 aliphatic rings. The van der Waals surface area contributed by atoms with E-state index in [0.29, 0.717) is 23.5 Å². The topological polar surface area (TPSA) is 66.8 Å². The molecule has 1 heterocycles. The van der Waals surface area contributed by atoms with E-state index in [2.05, 4.69) is 0 Å². The van der Waals surface area contributed by atoms with Gasteiger partial charge in [-0.3, -0.25) is 9.59 Å². The Bertz CT molecular complexity index is 484. The summed E-state index contributed by atoms with van der Waals surface area (Å²) in [4.78, 5) is 24.1. The third kappa shape index (κ3) is 2.45. The summed E-state index contributed by atoms with van der Waals surface area (Å²) in [6, 6.07) is 5.16. The van der Waals surface area contributed by atoms with Crippen molar-refractivity contribution in [2.75, 3.05) is 18.1 Å². The number of aliphatic carboxylic acids is 1. The first kappa shape index (κ1) is 12.4. The van der Waals surface area contributed by atoms with Gasteiger partial charge in [-0.2, -0.15) is 0 Å². The molecular formula is C13H15NO4. The van der Waals surface area contributed by atoms with E-state index in [1.54, 1.807) is 23.1 Å². The fraction of sp³-hybridized carbons (Fsp3) is 0.385. The summed E-state index contributed by atoms with van der Waals surface area (Å²) in [7, 11) is 0. The quantitative estimate of drug-likeness (QED) is 0.877. The number of amides is 1. The van der Waals surface area contributed by atoms with Gasteiger partial charge >= 0.3 is 5.97 Å². The third-order valence-electron chi connectivity index (χ3n) is 2.77. The average Bonchev–Trinajstić information content (AvgIpc) is 2.32. The summed E-state index contributed by atoms with van der Waals surface area (Å²) < 4.78 is 5.33. The largest absolute Gasteiger partial charge is 0.482 e. The Morgan fingerprint density at radius 2 is 2.28 bits per heavy atom. The van der Waals surface area contributed by atoms with Crippen LogP contribution in [0.1, 0.15) is 18.9 Å². The lowest BCUT2D eigenvalue weighted by Gasteiger charge is -2.29. The van der Waals surface area contributed by atoms with Crippen molar-refractivity contribution >= 4 is 17.6 Å². The van der Waals surface area contributed by atoms with Crippen molar-refractivity contribution in [2.45, 2.75) is 19.8 Å². The Balaban J connectivity index is 2.35. The van der Waals surface area contributed by atoms with Crippen molar-refractivity contribution in [1.29, 1.82) is 0 Å². The van der Waals surface area contributed by atoms with Crippen LogP contribution in [-0.2, 0) is 16.0 Å². The van der Waals surface area contributed by atoms with Crippen LogP contribution in [-0.4, -0.2) is 30.1 Å². The molecule has 1 amide bonds. The predicted octanol–water partition coefficient (Wildman–Crippen LogP) is 1.45. The Kier molecular flexibility index (Phi) is 3.50. The van der Waals surface area contributed by atoms with Gasteiger partial charge in [0.2, 0.25) is 0 Å². The maximum atomic E-state index is 11.8. The first-order chi connectivity index (χ1) is 8.61. The van der Waals surface area contributed by atoms with Gasteiger partial charge in [-0.05, 0) is 24.1 Å². The molecule has 0 radical (unpaired) electrons. The third-order valence-corrected chi connectivity index (χ3v) is 2.77. The van der Waals surface area contributed by atoms with Gasteiger partial charge in [0.05, 0.1) is 12.1 Å². The van der Waals surface area contributed by atoms with Crippen molar-refractivity contribution < 1.29 is 19.4 Å². The van der Waals surface area contributed by atoms with Gasteiger partial charge in [0.1, 0.15) is 5.75 Å². The monoisotopic (exact) mass is 249 g/mol. The SMILES string of the molecule is CCCN1C(=O)COc2ccc(CC(=O)O)cc21. The number of carboxylic acids is 1. The molecule has 0 bridgehead atoms. The fourth-order valence-corrected chi connectivity index (χ4v) is 2.00. The number of carbonyl (C=O) groups is 2. The van der Waals surface area contributed by atoms with Crippen LogP contribution >= 0.6 is 0 Å². The van der Waals surface area contributed by atoms with Crippen LogP contribution in [0.3, 0.4) is 0 Å². The highest BCUT2D eigenvalue weighted by Crippen LogP contribution is 2.33. The molecule has 0 atom stereocenters. The molecule has 0 aromatic heterocycles. The number of fused-ring (bicyclic) bond motifs is 1. The molecule has 0 fully saturated rings. The number of benzene rings is 1. The maximum Gasteiger partial charge on any atom is 0.307 e. The number of rotatable bonds is 4. The van der Waals surface area contributed by atoms with Crippen LogP contribution in [0.2, 0.25) is 0 Å². The smallest absolute Gasteiger partial charge is 0.307 e. The Morgan fingerprint density at radius 1 is 1.50 bits per heavy atom. The second-order valence-electron chi connectivity index (χ2n) is 4.21. The molecule has 0 spiro atoms. The number of hydrogen-bond donors (Lipinski definition) is 1. The van der Waals surface area contributed by atoms with E-state index in [4.69, 9.17) is 9.84 Å². The van der Waals surface area contributed by atoms with Crippen molar-refractivity contribution in [1.82, 2.24) is 0 Å². The molecule has 1 N–H and O–H groups in total. The number of nitrogens with zero attached hydrogens (tertiary/aromatic N) is 1. The lowest BCUT2D eigenvalue weighted by molar-refractivity contribution is -0.136. The molecule has 18 heavy (non-hydrogen) atoms. The van der Waals surface area contributed by atoms with E-state index in [9.17, 15) is 9.59 Å². The van der Waals surface area contributed by atoms with Gasteiger partial charge in [0.25, 0.3) is 5.91 Å². The van der Waals surface area contributed by atoms with Crippen LogP contribution in [0.15, 0.2) is 18.2 Å². The van der Waals surface area contributed by atoms with Gasteiger partial charge in [0, 0.05) is 6.54 Å². The molecule has 2 rings (SSSR count). The first-order valence-corrected chi connectivity index (χ1v) is 5.89. The number of ether oxygens (including phenoxy) is 1. The maximum absolute atomic E-state index is 11.8. The summed E-state index contributed by atoms with van der Waals surface area (Å²) in [6.45, 7) is 2.65. The van der Waals surface area contributed by atoms with Gasteiger partial charge in [-0.1, -0.05) is 13.0 Å². The molecule has 5 nitrogen and oxygen atoms in total. The molecule has 1 aromatic carbocycles. The van der Waals surface area contributed by atoms with E-state index in [0.717, 1.165) is 6.42 Å². The second kappa shape index (κ2) is 5.08. The normalized spacial score (nSPS) is 14.1. The predicted molar refractivity (Wildman–Crippen MR) is 65.9 cm³/mol. The summed E-state index contributed by atoms with van der Waals surface area (Å²) >= 11 is 0. The summed E-state index contributed by atoms with van der Waals surface area (Å²) in [5, 5.41) is 8.78. The second-order valence-corrected chi connectivity index (χ2v) is 4.21. The minimum Gasteiger partial charge on any atom is -0.482 e. The lowest BCUT2D eigenvalue weighted by atomic mass is 10.1. The molecule has 0 unspecified atom stereocenters. The number of carboxylic acid groups (broad SMARTS) is 1. The van der Waals surface area contributed by atoms with Gasteiger partial charge < -0.3 is 14.7 Å². The zero-order chi connectivity index (χ0) is 13.1. The summed E-state index contributed by atoms with van der Waals surface area (Å²) in [6.07, 6.45) is 0.787. The average molecular weight is 249 g/mol. The van der Waals surface area contributed by atoms with Crippen molar-refractivity contribution in [3.8, 4) is 5.75 Å². The van der Waals surface area contributed by atoms with Crippen molar-refractivity contribution in [2.24, 2.45) is 0 Å². The zero-order valence-corrected chi connectivity index (χ0v) is 10.2. The molecule has 96 valence electrons. The van der Waals surface area contributed by atoms with Gasteiger partial charge in [0.15, 0.2) is 6.61 Å². The highest BCUT2D eigenvalue weighted by Gasteiger charge is 2.25. The first-order valence-electron chi connectivity index (χ1n) is 5.89. The molecule has 0 saturated heterocycles. The van der Waals surface area contributed by atoms with Crippen LogP contribution in [0.5, 0.6) is 5.75 Å². The Hall–Kier alpha value is -2.04. The van der Waals surface area contributed by atoms with E-state index >= 15 is 0 Å². The molecule has 1 aromatic rings. The van der Waals surface area contributed by atoms with E-state index < -0.39 is 5.97 Å². The fourth-order valence-electron chi connectivity index (χ4n) is 2.00.